The smallest absolute Gasteiger partial charge is 0.0678 e. The van der Waals surface area contributed by atoms with Crippen LogP contribution in [-0.4, -0.2) is 49.8 Å². The predicted molar refractivity (Wildman–Crippen MR) is 76.5 cm³/mol. The SMILES string of the molecule is C[C@@H]1CN(CC2CCNCC2)C[C@H](C)O1.Cl.Cl. The second-order valence-corrected chi connectivity index (χ2v) is 5.17. The number of morpholine rings is 1. The Balaban J connectivity index is 0.00000128. The van der Waals surface area contributed by atoms with Gasteiger partial charge in [0.1, 0.15) is 0 Å². The molecule has 0 aromatic heterocycles. The molecule has 3 nitrogen and oxygen atoms in total. The third-order valence-corrected chi connectivity index (χ3v) is 3.47. The number of halogens is 2. The van der Waals surface area contributed by atoms with Crippen molar-refractivity contribution in [3.8, 4) is 0 Å². The van der Waals surface area contributed by atoms with Gasteiger partial charge in [0.2, 0.25) is 0 Å². The molecule has 0 aromatic rings. The average Bonchev–Trinajstić information content (AvgIpc) is 2.17. The quantitative estimate of drug-likeness (QED) is 0.839. The molecule has 17 heavy (non-hydrogen) atoms. The summed E-state index contributed by atoms with van der Waals surface area (Å²) < 4.78 is 5.75. The first-order valence-corrected chi connectivity index (χ1v) is 6.32. The average molecular weight is 285 g/mol. The molecular formula is C12H26Cl2N2O. The normalized spacial score (nSPS) is 31.4. The van der Waals surface area contributed by atoms with Crippen LogP contribution in [0.4, 0.5) is 0 Å². The van der Waals surface area contributed by atoms with Crippen LogP contribution in [-0.2, 0) is 4.74 Å². The van der Waals surface area contributed by atoms with Crippen molar-refractivity contribution in [3.63, 3.8) is 0 Å². The fourth-order valence-electron chi connectivity index (χ4n) is 2.86. The molecule has 5 heteroatoms. The highest BCUT2D eigenvalue weighted by Gasteiger charge is 2.24. The second kappa shape index (κ2) is 8.54. The summed E-state index contributed by atoms with van der Waals surface area (Å²) in [6.07, 6.45) is 3.52. The molecule has 2 atom stereocenters. The van der Waals surface area contributed by atoms with E-state index in [0.29, 0.717) is 12.2 Å². The van der Waals surface area contributed by atoms with Crippen LogP contribution in [0.25, 0.3) is 0 Å². The number of hydrogen-bond donors (Lipinski definition) is 1. The molecule has 0 bridgehead atoms. The van der Waals surface area contributed by atoms with Crippen molar-refractivity contribution in [2.75, 3.05) is 32.7 Å². The van der Waals surface area contributed by atoms with Gasteiger partial charge >= 0.3 is 0 Å². The van der Waals surface area contributed by atoms with Gasteiger partial charge < -0.3 is 10.1 Å². The predicted octanol–water partition coefficient (Wildman–Crippen LogP) is 1.94. The molecule has 2 aliphatic heterocycles. The second-order valence-electron chi connectivity index (χ2n) is 5.17. The molecule has 0 radical (unpaired) electrons. The van der Waals surface area contributed by atoms with Gasteiger partial charge in [0, 0.05) is 19.6 Å². The summed E-state index contributed by atoms with van der Waals surface area (Å²) >= 11 is 0. The molecule has 2 aliphatic rings. The molecule has 2 saturated heterocycles. The summed E-state index contributed by atoms with van der Waals surface area (Å²) in [4.78, 5) is 2.59. The number of rotatable bonds is 2. The highest BCUT2D eigenvalue weighted by atomic mass is 35.5. The third kappa shape index (κ3) is 5.75. The van der Waals surface area contributed by atoms with Crippen molar-refractivity contribution >= 4 is 24.8 Å². The van der Waals surface area contributed by atoms with E-state index in [-0.39, 0.29) is 24.8 Å². The van der Waals surface area contributed by atoms with Crippen molar-refractivity contribution in [2.24, 2.45) is 5.92 Å². The molecule has 0 amide bonds. The Hall–Kier alpha value is 0.460. The van der Waals surface area contributed by atoms with Crippen molar-refractivity contribution in [3.05, 3.63) is 0 Å². The Labute approximate surface area is 117 Å². The van der Waals surface area contributed by atoms with Crippen molar-refractivity contribution in [1.29, 1.82) is 0 Å². The number of hydrogen-bond acceptors (Lipinski definition) is 3. The Morgan fingerprint density at radius 3 is 2.12 bits per heavy atom. The van der Waals surface area contributed by atoms with E-state index in [1.807, 2.05) is 0 Å². The van der Waals surface area contributed by atoms with Gasteiger partial charge in [0.05, 0.1) is 12.2 Å². The Morgan fingerprint density at radius 2 is 1.59 bits per heavy atom. The maximum Gasteiger partial charge on any atom is 0.0678 e. The summed E-state index contributed by atoms with van der Waals surface area (Å²) in [5.41, 5.74) is 0. The molecule has 104 valence electrons. The lowest BCUT2D eigenvalue weighted by atomic mass is 9.97. The first kappa shape index (κ1) is 17.5. The monoisotopic (exact) mass is 284 g/mol. The molecule has 0 aromatic carbocycles. The molecule has 2 heterocycles. The first-order chi connectivity index (χ1) is 7.24. The molecule has 1 N–H and O–H groups in total. The van der Waals surface area contributed by atoms with E-state index in [0.717, 1.165) is 19.0 Å². The van der Waals surface area contributed by atoms with Crippen LogP contribution in [0.1, 0.15) is 26.7 Å². The van der Waals surface area contributed by atoms with Crippen LogP contribution in [0.15, 0.2) is 0 Å². The van der Waals surface area contributed by atoms with Gasteiger partial charge in [-0.05, 0) is 45.7 Å². The van der Waals surface area contributed by atoms with Crippen LogP contribution >= 0.6 is 24.8 Å². The van der Waals surface area contributed by atoms with E-state index < -0.39 is 0 Å². The van der Waals surface area contributed by atoms with Crippen molar-refractivity contribution in [2.45, 2.75) is 38.9 Å². The van der Waals surface area contributed by atoms with Crippen LogP contribution in [0.3, 0.4) is 0 Å². The third-order valence-electron chi connectivity index (χ3n) is 3.47. The van der Waals surface area contributed by atoms with Gasteiger partial charge in [-0.15, -0.1) is 24.8 Å². The topological polar surface area (TPSA) is 24.5 Å². The Kier molecular flexibility index (Phi) is 8.77. The molecule has 0 spiro atoms. The lowest BCUT2D eigenvalue weighted by Gasteiger charge is -2.38. The number of nitrogens with zero attached hydrogens (tertiary/aromatic N) is 1. The van der Waals surface area contributed by atoms with Gasteiger partial charge in [0.25, 0.3) is 0 Å². The molecule has 0 aliphatic carbocycles. The van der Waals surface area contributed by atoms with Crippen LogP contribution < -0.4 is 5.32 Å². The summed E-state index contributed by atoms with van der Waals surface area (Å²) in [5, 5.41) is 3.43. The zero-order valence-electron chi connectivity index (χ0n) is 10.9. The standard InChI is InChI=1S/C12H24N2O.2ClH/c1-10-7-14(8-11(2)15-10)9-12-3-5-13-6-4-12;;/h10-13H,3-9H2,1-2H3;2*1H/t10-,11+;;. The van der Waals surface area contributed by atoms with E-state index in [2.05, 4.69) is 24.1 Å². The highest BCUT2D eigenvalue weighted by molar-refractivity contribution is 5.85. The van der Waals surface area contributed by atoms with Crippen LogP contribution in [0.2, 0.25) is 0 Å². The Morgan fingerprint density at radius 1 is 1.06 bits per heavy atom. The van der Waals surface area contributed by atoms with Crippen LogP contribution in [0, 0.1) is 5.92 Å². The minimum atomic E-state index is 0. The van der Waals surface area contributed by atoms with Gasteiger partial charge in [-0.25, -0.2) is 0 Å². The van der Waals surface area contributed by atoms with E-state index >= 15 is 0 Å². The molecule has 0 saturated carbocycles. The van der Waals surface area contributed by atoms with Gasteiger partial charge in [0.15, 0.2) is 0 Å². The fourth-order valence-corrected chi connectivity index (χ4v) is 2.86. The zero-order chi connectivity index (χ0) is 10.7. The lowest BCUT2D eigenvalue weighted by Crippen LogP contribution is -2.48. The molecule has 2 fully saturated rings. The summed E-state index contributed by atoms with van der Waals surface area (Å²) in [7, 11) is 0. The number of ether oxygens (including phenoxy) is 1. The summed E-state index contributed by atoms with van der Waals surface area (Å²) in [6.45, 7) is 10.3. The minimum absolute atomic E-state index is 0. The van der Waals surface area contributed by atoms with Gasteiger partial charge in [-0.2, -0.15) is 0 Å². The summed E-state index contributed by atoms with van der Waals surface area (Å²) in [5.74, 6) is 0.906. The molecule has 2 rings (SSSR count). The number of piperidine rings is 1. The lowest BCUT2D eigenvalue weighted by molar-refractivity contribution is -0.0722. The van der Waals surface area contributed by atoms with Crippen molar-refractivity contribution < 1.29 is 4.74 Å². The maximum absolute atomic E-state index is 5.75. The Bertz CT molecular complexity index is 191. The van der Waals surface area contributed by atoms with Gasteiger partial charge in [-0.1, -0.05) is 0 Å². The first-order valence-electron chi connectivity index (χ1n) is 6.32. The fraction of sp³-hybridized carbons (Fsp3) is 1.00. The molecule has 0 unspecified atom stereocenters. The molecular weight excluding hydrogens is 259 g/mol. The van der Waals surface area contributed by atoms with Crippen LogP contribution in [0.5, 0.6) is 0 Å². The maximum atomic E-state index is 5.75. The zero-order valence-corrected chi connectivity index (χ0v) is 12.5. The largest absolute Gasteiger partial charge is 0.373 e. The minimum Gasteiger partial charge on any atom is -0.373 e. The van der Waals surface area contributed by atoms with Crippen molar-refractivity contribution in [1.82, 2.24) is 10.2 Å². The van der Waals surface area contributed by atoms with E-state index in [1.54, 1.807) is 0 Å². The van der Waals surface area contributed by atoms with E-state index in [1.165, 1.54) is 32.5 Å². The van der Waals surface area contributed by atoms with E-state index in [9.17, 15) is 0 Å². The highest BCUT2D eigenvalue weighted by Crippen LogP contribution is 2.17. The van der Waals surface area contributed by atoms with Gasteiger partial charge in [-0.3, -0.25) is 4.90 Å². The number of nitrogens with one attached hydrogen (secondary N) is 1. The van der Waals surface area contributed by atoms with E-state index in [4.69, 9.17) is 4.74 Å². The summed E-state index contributed by atoms with van der Waals surface area (Å²) in [6, 6.07) is 0.